The number of likely N-dealkylation sites (N-methyl/N-ethyl adjacent to an activating group) is 1. The summed E-state index contributed by atoms with van der Waals surface area (Å²) in [4.78, 5) is 17.7. The average molecular weight is 389 g/mol. The number of pyridine rings is 1. The zero-order valence-corrected chi connectivity index (χ0v) is 16.7. The quantitative estimate of drug-likeness (QED) is 0.819. The smallest absolute Gasteiger partial charge is 0.259 e. The molecule has 0 aliphatic carbocycles. The Kier molecular flexibility index (Phi) is 6.49. The van der Waals surface area contributed by atoms with Crippen LogP contribution >= 0.6 is 0 Å². The first-order valence-corrected chi connectivity index (χ1v) is 9.52. The number of hydrogen-bond donors (Lipinski definition) is 1. The molecule has 0 saturated carbocycles. The first kappa shape index (κ1) is 20.5. The minimum Gasteiger partial charge on any atom is -0.507 e. The number of aryl methyl sites for hydroxylation is 1. The van der Waals surface area contributed by atoms with E-state index < -0.39 is 6.04 Å². The van der Waals surface area contributed by atoms with Crippen LogP contribution in [0.4, 0.5) is 4.39 Å². The molecule has 1 aliphatic heterocycles. The van der Waals surface area contributed by atoms with Crippen molar-refractivity contribution in [3.63, 3.8) is 0 Å². The second-order valence-electron chi connectivity index (χ2n) is 7.33. The van der Waals surface area contributed by atoms with Crippen LogP contribution in [-0.2, 0) is 11.3 Å². The average Bonchev–Trinajstić information content (AvgIpc) is 2.66. The molecule has 2 heterocycles. The number of piperazine rings is 1. The lowest BCUT2D eigenvalue weighted by molar-refractivity contribution is 0.125. The molecule has 1 aromatic heterocycles. The Morgan fingerprint density at radius 2 is 1.93 bits per heavy atom. The number of halogens is 1. The molecule has 1 aliphatic rings. The Balaban J connectivity index is 2.13. The topological polar surface area (TPSA) is 57.9 Å². The zero-order chi connectivity index (χ0) is 20.3. The van der Waals surface area contributed by atoms with Gasteiger partial charge in [0.2, 0.25) is 0 Å². The number of aromatic nitrogens is 1. The third-order valence-electron chi connectivity index (χ3n) is 5.38. The summed E-state index contributed by atoms with van der Waals surface area (Å²) in [6.07, 6.45) is 0. The molecule has 0 radical (unpaired) electrons. The first-order valence-electron chi connectivity index (χ1n) is 9.52. The van der Waals surface area contributed by atoms with E-state index in [4.69, 9.17) is 4.74 Å². The van der Waals surface area contributed by atoms with Crippen LogP contribution in [0.25, 0.3) is 0 Å². The van der Waals surface area contributed by atoms with E-state index in [9.17, 15) is 14.3 Å². The third-order valence-corrected chi connectivity index (χ3v) is 5.38. The van der Waals surface area contributed by atoms with Crippen molar-refractivity contribution in [2.24, 2.45) is 0 Å². The Labute approximate surface area is 164 Å². The van der Waals surface area contributed by atoms with Gasteiger partial charge in [0.15, 0.2) is 0 Å². The SMILES string of the molecule is COCCn1c(C)cc(O)c(C(c2cccc(F)c2)N2CCN(C)CC2)c1=O. The zero-order valence-electron chi connectivity index (χ0n) is 16.7. The summed E-state index contributed by atoms with van der Waals surface area (Å²) in [6.45, 7) is 5.71. The van der Waals surface area contributed by atoms with E-state index in [1.54, 1.807) is 30.7 Å². The van der Waals surface area contributed by atoms with Crippen molar-refractivity contribution in [3.8, 4) is 5.75 Å². The Bertz CT molecular complexity index is 876. The molecule has 1 aromatic carbocycles. The van der Waals surface area contributed by atoms with E-state index in [2.05, 4.69) is 16.8 Å². The van der Waals surface area contributed by atoms with Crippen LogP contribution in [-0.4, -0.2) is 66.4 Å². The molecule has 0 amide bonds. The van der Waals surface area contributed by atoms with Crippen LogP contribution in [0.15, 0.2) is 35.1 Å². The number of benzene rings is 1. The second-order valence-corrected chi connectivity index (χ2v) is 7.33. The first-order chi connectivity index (χ1) is 13.4. The van der Waals surface area contributed by atoms with Gasteiger partial charge in [0.25, 0.3) is 5.56 Å². The van der Waals surface area contributed by atoms with Crippen molar-refractivity contribution in [2.45, 2.75) is 19.5 Å². The maximum atomic E-state index is 14.0. The highest BCUT2D eigenvalue weighted by Gasteiger charge is 2.31. The fourth-order valence-electron chi connectivity index (χ4n) is 3.80. The van der Waals surface area contributed by atoms with E-state index in [1.165, 1.54) is 12.1 Å². The van der Waals surface area contributed by atoms with Crippen LogP contribution in [0.3, 0.4) is 0 Å². The van der Waals surface area contributed by atoms with Crippen molar-refractivity contribution in [2.75, 3.05) is 46.9 Å². The van der Waals surface area contributed by atoms with Gasteiger partial charge in [0.1, 0.15) is 11.6 Å². The summed E-state index contributed by atoms with van der Waals surface area (Å²) >= 11 is 0. The molecule has 2 aromatic rings. The van der Waals surface area contributed by atoms with Crippen molar-refractivity contribution in [1.29, 1.82) is 0 Å². The second kappa shape index (κ2) is 8.86. The van der Waals surface area contributed by atoms with Crippen LogP contribution in [0.2, 0.25) is 0 Å². The molecule has 3 rings (SSSR count). The van der Waals surface area contributed by atoms with E-state index in [1.807, 2.05) is 6.07 Å². The highest BCUT2D eigenvalue weighted by atomic mass is 19.1. The van der Waals surface area contributed by atoms with Gasteiger partial charge in [-0.15, -0.1) is 0 Å². The van der Waals surface area contributed by atoms with Gasteiger partial charge in [0.05, 0.1) is 18.2 Å². The van der Waals surface area contributed by atoms with E-state index in [0.717, 1.165) is 26.2 Å². The van der Waals surface area contributed by atoms with E-state index in [-0.39, 0.29) is 22.7 Å². The molecule has 6 nitrogen and oxygen atoms in total. The molecule has 1 atom stereocenters. The van der Waals surface area contributed by atoms with Gasteiger partial charge in [-0.3, -0.25) is 9.69 Å². The van der Waals surface area contributed by atoms with Gasteiger partial charge in [-0.25, -0.2) is 4.39 Å². The lowest BCUT2D eigenvalue weighted by Crippen LogP contribution is -2.47. The van der Waals surface area contributed by atoms with Crippen LogP contribution in [0.1, 0.15) is 22.9 Å². The van der Waals surface area contributed by atoms with Gasteiger partial charge in [-0.2, -0.15) is 0 Å². The van der Waals surface area contributed by atoms with Crippen molar-refractivity contribution < 1.29 is 14.2 Å². The molecule has 7 heteroatoms. The monoisotopic (exact) mass is 389 g/mol. The molecule has 0 spiro atoms. The maximum absolute atomic E-state index is 14.0. The minimum absolute atomic E-state index is 0.0515. The lowest BCUT2D eigenvalue weighted by atomic mass is 9.96. The number of ether oxygens (including phenoxy) is 1. The summed E-state index contributed by atoms with van der Waals surface area (Å²) in [7, 11) is 3.64. The molecule has 1 saturated heterocycles. The molecular weight excluding hydrogens is 361 g/mol. The molecule has 1 N–H and O–H groups in total. The summed E-state index contributed by atoms with van der Waals surface area (Å²) in [5.41, 5.74) is 1.36. The van der Waals surface area contributed by atoms with Crippen LogP contribution < -0.4 is 5.56 Å². The lowest BCUT2D eigenvalue weighted by Gasteiger charge is -2.38. The predicted octanol–water partition coefficient (Wildman–Crippen LogP) is 1.98. The number of methoxy groups -OCH3 is 1. The standard InChI is InChI=1S/C21H28FN3O3/c1-15-13-18(26)19(21(27)25(15)11-12-28-3)20(16-5-4-6-17(22)14-16)24-9-7-23(2)8-10-24/h4-6,13-14,20,26H,7-12H2,1-3H3. The van der Waals surface area contributed by atoms with E-state index in [0.29, 0.717) is 24.4 Å². The molecular formula is C21H28FN3O3. The number of aromatic hydroxyl groups is 1. The number of rotatable bonds is 6. The van der Waals surface area contributed by atoms with Gasteiger partial charge in [-0.1, -0.05) is 12.1 Å². The van der Waals surface area contributed by atoms with Crippen molar-refractivity contribution in [1.82, 2.24) is 14.4 Å². The maximum Gasteiger partial charge on any atom is 0.259 e. The van der Waals surface area contributed by atoms with Crippen LogP contribution in [0, 0.1) is 12.7 Å². The van der Waals surface area contributed by atoms with Gasteiger partial charge < -0.3 is 19.3 Å². The molecule has 1 fully saturated rings. The fraction of sp³-hybridized carbons (Fsp3) is 0.476. The minimum atomic E-state index is -0.508. The van der Waals surface area contributed by atoms with Crippen molar-refractivity contribution in [3.05, 3.63) is 63.3 Å². The van der Waals surface area contributed by atoms with E-state index >= 15 is 0 Å². The largest absolute Gasteiger partial charge is 0.507 e. The summed E-state index contributed by atoms with van der Waals surface area (Å²) in [5, 5.41) is 10.7. The Morgan fingerprint density at radius 1 is 1.21 bits per heavy atom. The number of hydrogen-bond acceptors (Lipinski definition) is 5. The summed E-state index contributed by atoms with van der Waals surface area (Å²) in [5.74, 6) is -0.410. The predicted molar refractivity (Wildman–Crippen MR) is 106 cm³/mol. The van der Waals surface area contributed by atoms with Gasteiger partial charge in [0, 0.05) is 45.5 Å². The highest BCUT2D eigenvalue weighted by molar-refractivity contribution is 5.41. The highest BCUT2D eigenvalue weighted by Crippen LogP contribution is 2.33. The fourth-order valence-corrected chi connectivity index (χ4v) is 3.80. The molecule has 0 bridgehead atoms. The normalized spacial score (nSPS) is 17.0. The Hall–Kier alpha value is -2.22. The van der Waals surface area contributed by atoms with Crippen LogP contribution in [0.5, 0.6) is 5.75 Å². The molecule has 152 valence electrons. The van der Waals surface area contributed by atoms with Gasteiger partial charge >= 0.3 is 0 Å². The molecule has 1 unspecified atom stereocenters. The summed E-state index contributed by atoms with van der Waals surface area (Å²) in [6, 6.07) is 7.38. The third kappa shape index (κ3) is 4.27. The molecule has 28 heavy (non-hydrogen) atoms. The van der Waals surface area contributed by atoms with Crippen molar-refractivity contribution >= 4 is 0 Å². The number of nitrogens with zero attached hydrogens (tertiary/aromatic N) is 3. The Morgan fingerprint density at radius 3 is 2.57 bits per heavy atom. The van der Waals surface area contributed by atoms with Gasteiger partial charge in [-0.05, 0) is 37.7 Å². The summed E-state index contributed by atoms with van der Waals surface area (Å²) < 4.78 is 20.7.